The van der Waals surface area contributed by atoms with Crippen molar-refractivity contribution in [3.63, 3.8) is 0 Å². The molecule has 3 aromatic rings. The van der Waals surface area contributed by atoms with Gasteiger partial charge >= 0.3 is 0 Å². The summed E-state index contributed by atoms with van der Waals surface area (Å²) in [6.07, 6.45) is 4.13. The Hall–Kier alpha value is -2.67. The maximum atomic E-state index is 4.78. The number of benzene rings is 1. The highest BCUT2D eigenvalue weighted by atomic mass is 15.2. The molecule has 0 saturated carbocycles. The van der Waals surface area contributed by atoms with Gasteiger partial charge in [-0.1, -0.05) is 12.1 Å². The quantitative estimate of drug-likeness (QED) is 0.641. The Labute approximate surface area is 159 Å². The Kier molecular flexibility index (Phi) is 4.94. The maximum absolute atomic E-state index is 4.78. The zero-order valence-electron chi connectivity index (χ0n) is 16.2. The summed E-state index contributed by atoms with van der Waals surface area (Å²) in [6, 6.07) is 8.89. The molecule has 0 spiro atoms. The fourth-order valence-electron chi connectivity index (χ4n) is 3.46. The fraction of sp³-hybridized carbons (Fsp3) is 0.450. The zero-order valence-corrected chi connectivity index (χ0v) is 16.2. The van der Waals surface area contributed by atoms with Gasteiger partial charge in [0.15, 0.2) is 17.0 Å². The van der Waals surface area contributed by atoms with Crippen molar-refractivity contribution in [3.8, 4) is 0 Å². The number of aromatic nitrogens is 4. The van der Waals surface area contributed by atoms with Crippen LogP contribution in [0.2, 0.25) is 0 Å². The molecule has 1 aromatic carbocycles. The molecule has 1 saturated heterocycles. The average Bonchev–Trinajstić information content (AvgIpc) is 3.07. The van der Waals surface area contributed by atoms with Gasteiger partial charge in [-0.25, -0.2) is 4.98 Å². The van der Waals surface area contributed by atoms with E-state index in [0.29, 0.717) is 12.0 Å². The predicted octanol–water partition coefficient (Wildman–Crippen LogP) is 3.62. The van der Waals surface area contributed by atoms with E-state index in [0.717, 1.165) is 48.6 Å². The van der Waals surface area contributed by atoms with E-state index in [-0.39, 0.29) is 6.04 Å². The molecule has 1 aliphatic rings. The van der Waals surface area contributed by atoms with Gasteiger partial charge in [0.05, 0.1) is 6.33 Å². The van der Waals surface area contributed by atoms with Crippen molar-refractivity contribution in [3.05, 3.63) is 36.2 Å². The van der Waals surface area contributed by atoms with E-state index >= 15 is 0 Å². The SMILES string of the molecule is Cc1cccc(Nc2nc(N[C@@H]3CCCNC3)nc3c2ncn3C(C)C)c1. The predicted molar refractivity (Wildman–Crippen MR) is 110 cm³/mol. The Morgan fingerprint density at radius 3 is 2.89 bits per heavy atom. The van der Waals surface area contributed by atoms with Crippen LogP contribution in [0.15, 0.2) is 30.6 Å². The summed E-state index contributed by atoms with van der Waals surface area (Å²) in [7, 11) is 0. The molecule has 7 nitrogen and oxygen atoms in total. The van der Waals surface area contributed by atoms with E-state index in [1.54, 1.807) is 0 Å². The minimum absolute atomic E-state index is 0.279. The lowest BCUT2D eigenvalue weighted by Crippen LogP contribution is -2.38. The number of hydrogen-bond donors (Lipinski definition) is 3. The molecule has 142 valence electrons. The van der Waals surface area contributed by atoms with Crippen LogP contribution in [0.5, 0.6) is 0 Å². The van der Waals surface area contributed by atoms with E-state index in [1.807, 2.05) is 18.5 Å². The highest BCUT2D eigenvalue weighted by Crippen LogP contribution is 2.26. The number of aryl methyl sites for hydroxylation is 1. The van der Waals surface area contributed by atoms with Crippen molar-refractivity contribution in [2.45, 2.75) is 45.7 Å². The highest BCUT2D eigenvalue weighted by Gasteiger charge is 2.18. The largest absolute Gasteiger partial charge is 0.350 e. The maximum Gasteiger partial charge on any atom is 0.227 e. The van der Waals surface area contributed by atoms with Gasteiger partial charge in [-0.15, -0.1) is 0 Å². The number of anilines is 3. The molecule has 0 bridgehead atoms. The zero-order chi connectivity index (χ0) is 18.8. The second-order valence-electron chi connectivity index (χ2n) is 7.50. The number of hydrogen-bond acceptors (Lipinski definition) is 6. The summed E-state index contributed by atoms with van der Waals surface area (Å²) < 4.78 is 2.09. The lowest BCUT2D eigenvalue weighted by atomic mass is 10.1. The number of imidazole rings is 1. The third kappa shape index (κ3) is 3.88. The first-order valence-electron chi connectivity index (χ1n) is 9.65. The van der Waals surface area contributed by atoms with Crippen LogP contribution < -0.4 is 16.0 Å². The first-order chi connectivity index (χ1) is 13.1. The van der Waals surface area contributed by atoms with Crippen LogP contribution in [0.4, 0.5) is 17.5 Å². The van der Waals surface area contributed by atoms with Crippen LogP contribution in [-0.4, -0.2) is 38.7 Å². The van der Waals surface area contributed by atoms with Crippen LogP contribution in [0.1, 0.15) is 38.3 Å². The summed E-state index contributed by atoms with van der Waals surface area (Å²) in [4.78, 5) is 14.1. The van der Waals surface area contributed by atoms with E-state index in [9.17, 15) is 0 Å². The summed E-state index contributed by atoms with van der Waals surface area (Å²) in [5.74, 6) is 1.38. The monoisotopic (exact) mass is 365 g/mol. The van der Waals surface area contributed by atoms with Crippen molar-refractivity contribution in [1.82, 2.24) is 24.8 Å². The lowest BCUT2D eigenvalue weighted by Gasteiger charge is -2.24. The van der Waals surface area contributed by atoms with Crippen molar-refractivity contribution in [1.29, 1.82) is 0 Å². The van der Waals surface area contributed by atoms with Gasteiger partial charge < -0.3 is 20.5 Å². The van der Waals surface area contributed by atoms with Crippen LogP contribution in [0.3, 0.4) is 0 Å². The van der Waals surface area contributed by atoms with Gasteiger partial charge in [-0.2, -0.15) is 9.97 Å². The van der Waals surface area contributed by atoms with Crippen molar-refractivity contribution >= 4 is 28.6 Å². The number of rotatable bonds is 5. The molecular formula is C20H27N7. The Morgan fingerprint density at radius 2 is 2.15 bits per heavy atom. The molecule has 1 fully saturated rings. The summed E-state index contributed by atoms with van der Waals surface area (Å²) in [5, 5.41) is 10.4. The molecule has 1 atom stereocenters. The van der Waals surface area contributed by atoms with Gasteiger partial charge in [0.1, 0.15) is 0 Å². The molecule has 0 aliphatic carbocycles. The molecular weight excluding hydrogens is 338 g/mol. The minimum atomic E-state index is 0.279. The van der Waals surface area contributed by atoms with Gasteiger partial charge in [0.25, 0.3) is 0 Å². The molecule has 7 heteroatoms. The van der Waals surface area contributed by atoms with Gasteiger partial charge in [-0.05, 0) is 57.9 Å². The topological polar surface area (TPSA) is 79.7 Å². The van der Waals surface area contributed by atoms with Crippen molar-refractivity contribution in [2.24, 2.45) is 0 Å². The molecule has 2 aromatic heterocycles. The first-order valence-corrected chi connectivity index (χ1v) is 9.65. The fourth-order valence-corrected chi connectivity index (χ4v) is 3.46. The van der Waals surface area contributed by atoms with Crippen molar-refractivity contribution < 1.29 is 0 Å². The minimum Gasteiger partial charge on any atom is -0.350 e. The Balaban J connectivity index is 1.73. The summed E-state index contributed by atoms with van der Waals surface area (Å²) in [6.45, 7) is 8.37. The van der Waals surface area contributed by atoms with E-state index in [1.165, 1.54) is 5.56 Å². The molecule has 3 heterocycles. The Bertz CT molecular complexity index is 925. The normalized spacial score (nSPS) is 17.4. The average molecular weight is 365 g/mol. The molecule has 1 aliphatic heterocycles. The third-order valence-corrected chi connectivity index (χ3v) is 4.89. The molecule has 3 N–H and O–H groups in total. The second kappa shape index (κ2) is 7.52. The smallest absolute Gasteiger partial charge is 0.227 e. The van der Waals surface area contributed by atoms with E-state index < -0.39 is 0 Å². The summed E-state index contributed by atoms with van der Waals surface area (Å²) >= 11 is 0. The molecule has 27 heavy (non-hydrogen) atoms. The van der Waals surface area contributed by atoms with Gasteiger partial charge in [0, 0.05) is 24.3 Å². The molecule has 0 unspecified atom stereocenters. The second-order valence-corrected chi connectivity index (χ2v) is 7.50. The highest BCUT2D eigenvalue weighted by molar-refractivity contribution is 5.86. The number of nitrogens with one attached hydrogen (secondary N) is 3. The first kappa shape index (κ1) is 17.7. The van der Waals surface area contributed by atoms with Gasteiger partial charge in [0.2, 0.25) is 5.95 Å². The van der Waals surface area contributed by atoms with Crippen LogP contribution >= 0.6 is 0 Å². The molecule has 0 amide bonds. The number of piperidine rings is 1. The molecule has 4 rings (SSSR count). The van der Waals surface area contributed by atoms with Crippen LogP contribution in [0.25, 0.3) is 11.2 Å². The van der Waals surface area contributed by atoms with Gasteiger partial charge in [-0.3, -0.25) is 0 Å². The van der Waals surface area contributed by atoms with E-state index in [2.05, 4.69) is 58.4 Å². The van der Waals surface area contributed by atoms with E-state index in [4.69, 9.17) is 9.97 Å². The standard InChI is InChI=1S/C20H27N7/c1-13(2)27-12-22-17-18(23-15-7-4-6-14(3)10-15)25-20(26-19(17)27)24-16-8-5-9-21-11-16/h4,6-7,10,12-13,16,21H,5,8-9,11H2,1-3H3,(H2,23,24,25,26)/t16-/m1/s1. The molecule has 0 radical (unpaired) electrons. The van der Waals surface area contributed by atoms with Crippen LogP contribution in [-0.2, 0) is 0 Å². The number of fused-ring (bicyclic) bond motifs is 1. The Morgan fingerprint density at radius 1 is 1.26 bits per heavy atom. The number of nitrogens with zero attached hydrogens (tertiary/aromatic N) is 4. The summed E-state index contributed by atoms with van der Waals surface area (Å²) in [5.41, 5.74) is 3.84. The third-order valence-electron chi connectivity index (χ3n) is 4.89. The lowest BCUT2D eigenvalue weighted by molar-refractivity contribution is 0.478. The van der Waals surface area contributed by atoms with Crippen LogP contribution in [0, 0.1) is 6.92 Å². The van der Waals surface area contributed by atoms with Crippen molar-refractivity contribution in [2.75, 3.05) is 23.7 Å².